The van der Waals surface area contributed by atoms with Gasteiger partial charge in [0.2, 0.25) is 6.29 Å². The molecule has 0 bridgehead atoms. The van der Waals surface area contributed by atoms with E-state index in [1.165, 1.54) is 5.57 Å². The molecular weight excluding hydrogens is 436 g/mol. The van der Waals surface area contributed by atoms with Crippen LogP contribution >= 0.6 is 0 Å². The van der Waals surface area contributed by atoms with E-state index >= 15 is 0 Å². The summed E-state index contributed by atoms with van der Waals surface area (Å²) >= 11 is 0. The van der Waals surface area contributed by atoms with Crippen LogP contribution in [0.5, 0.6) is 11.5 Å². The minimum atomic E-state index is -1.54. The third-order valence-corrected chi connectivity index (χ3v) is 7.05. The molecule has 0 amide bonds. The lowest BCUT2D eigenvalue weighted by Crippen LogP contribution is -2.60. The summed E-state index contributed by atoms with van der Waals surface area (Å²) in [4.78, 5) is 0. The van der Waals surface area contributed by atoms with Crippen molar-refractivity contribution < 1.29 is 35.0 Å². The second kappa shape index (κ2) is 11.7. The van der Waals surface area contributed by atoms with Gasteiger partial charge in [0, 0.05) is 11.5 Å². The molecule has 190 valence electrons. The summed E-state index contributed by atoms with van der Waals surface area (Å²) < 4.78 is 11.7. The van der Waals surface area contributed by atoms with E-state index in [0.717, 1.165) is 49.7 Å². The van der Waals surface area contributed by atoms with Gasteiger partial charge in [-0.2, -0.15) is 0 Å². The largest absolute Gasteiger partial charge is 0.507 e. The Morgan fingerprint density at radius 1 is 1.15 bits per heavy atom. The number of benzene rings is 1. The summed E-state index contributed by atoms with van der Waals surface area (Å²) in [5, 5.41) is 51.6. The summed E-state index contributed by atoms with van der Waals surface area (Å²) in [5.74, 6) is 0.405. The molecule has 0 spiro atoms. The van der Waals surface area contributed by atoms with Gasteiger partial charge in [0.15, 0.2) is 0 Å². The van der Waals surface area contributed by atoms with Crippen LogP contribution in [-0.2, 0) is 11.2 Å². The van der Waals surface area contributed by atoms with Crippen LogP contribution in [0.4, 0.5) is 0 Å². The fourth-order valence-corrected chi connectivity index (χ4v) is 5.02. The highest BCUT2D eigenvalue weighted by Gasteiger charge is 2.45. The fourth-order valence-electron chi connectivity index (χ4n) is 5.02. The summed E-state index contributed by atoms with van der Waals surface area (Å²) in [6.07, 6.45) is 0.911. The van der Waals surface area contributed by atoms with Crippen molar-refractivity contribution >= 4 is 0 Å². The Balaban J connectivity index is 2.03. The highest BCUT2D eigenvalue weighted by Crippen LogP contribution is 2.47. The Morgan fingerprint density at radius 3 is 2.53 bits per heavy atom. The van der Waals surface area contributed by atoms with E-state index in [2.05, 4.69) is 26.5 Å². The zero-order chi connectivity index (χ0) is 25.0. The smallest absolute Gasteiger partial charge is 0.229 e. The third-order valence-electron chi connectivity index (χ3n) is 7.05. The molecule has 1 fully saturated rings. The third kappa shape index (κ3) is 5.83. The summed E-state index contributed by atoms with van der Waals surface area (Å²) in [7, 11) is 0. The Kier molecular flexibility index (Phi) is 9.18. The molecule has 1 aromatic carbocycles. The number of phenolic OH excluding ortho intramolecular Hbond substituents is 1. The molecule has 0 aromatic heterocycles. The highest BCUT2D eigenvalue weighted by atomic mass is 16.7. The standard InChI is InChI=1S/C27H40O7/c1-5-6-7-8-17-12-20(29)23(19-11-16(4)9-10-18(19)15(2)3)21(13-17)33-27-26(32)25(31)24(30)22(14-28)34-27/h11-13,18-19,22,24-32H,2,5-10,14H2,1,3-4H3/t18-,19+,22+,24+,25-,26+,27+/m0/s1. The number of unbranched alkanes of at least 4 members (excludes halogenated alkanes) is 2. The van der Waals surface area contributed by atoms with Gasteiger partial charge in [0.25, 0.3) is 0 Å². The maximum absolute atomic E-state index is 11.2. The van der Waals surface area contributed by atoms with Gasteiger partial charge in [-0.05, 0) is 63.1 Å². The van der Waals surface area contributed by atoms with Gasteiger partial charge in [-0.25, -0.2) is 0 Å². The lowest BCUT2D eigenvalue weighted by Gasteiger charge is -2.40. The molecule has 7 nitrogen and oxygen atoms in total. The molecular formula is C27H40O7. The normalized spacial score (nSPS) is 31.7. The predicted molar refractivity (Wildman–Crippen MR) is 130 cm³/mol. The molecule has 34 heavy (non-hydrogen) atoms. The van der Waals surface area contributed by atoms with E-state index < -0.39 is 37.3 Å². The van der Waals surface area contributed by atoms with Crippen molar-refractivity contribution in [2.24, 2.45) is 5.92 Å². The zero-order valence-electron chi connectivity index (χ0n) is 20.5. The molecule has 3 rings (SSSR count). The predicted octanol–water partition coefficient (Wildman–Crippen LogP) is 3.32. The van der Waals surface area contributed by atoms with Crippen LogP contribution in [0.1, 0.15) is 69.9 Å². The van der Waals surface area contributed by atoms with Gasteiger partial charge in [-0.15, -0.1) is 0 Å². The van der Waals surface area contributed by atoms with Crippen LogP contribution in [0.3, 0.4) is 0 Å². The molecule has 0 radical (unpaired) electrons. The summed E-state index contributed by atoms with van der Waals surface area (Å²) in [6.45, 7) is 9.81. The van der Waals surface area contributed by atoms with Crippen molar-refractivity contribution in [3.05, 3.63) is 47.1 Å². The topological polar surface area (TPSA) is 120 Å². The van der Waals surface area contributed by atoms with Crippen molar-refractivity contribution in [3.63, 3.8) is 0 Å². The molecule has 5 N–H and O–H groups in total. The van der Waals surface area contributed by atoms with Crippen molar-refractivity contribution in [2.75, 3.05) is 6.61 Å². The Hall–Kier alpha value is -1.90. The highest BCUT2D eigenvalue weighted by molar-refractivity contribution is 5.52. The number of rotatable bonds is 9. The van der Waals surface area contributed by atoms with E-state index in [-0.39, 0.29) is 17.6 Å². The number of hydrogen-bond donors (Lipinski definition) is 5. The Labute approximate surface area is 202 Å². The van der Waals surface area contributed by atoms with Gasteiger partial charge in [-0.3, -0.25) is 0 Å². The molecule has 1 aromatic rings. The van der Waals surface area contributed by atoms with E-state index in [1.54, 1.807) is 6.07 Å². The Morgan fingerprint density at radius 2 is 1.88 bits per heavy atom. The Bertz CT molecular complexity index is 878. The van der Waals surface area contributed by atoms with E-state index in [4.69, 9.17) is 9.47 Å². The number of aryl methyl sites for hydroxylation is 1. The van der Waals surface area contributed by atoms with Crippen molar-refractivity contribution in [2.45, 2.75) is 95.9 Å². The average molecular weight is 477 g/mol. The number of aromatic hydroxyl groups is 1. The average Bonchev–Trinajstić information content (AvgIpc) is 2.79. The number of allylic oxidation sites excluding steroid dienone is 3. The first-order valence-electron chi connectivity index (χ1n) is 12.3. The molecule has 0 saturated carbocycles. The van der Waals surface area contributed by atoms with Gasteiger partial charge < -0.3 is 35.0 Å². The van der Waals surface area contributed by atoms with E-state index in [1.807, 2.05) is 13.0 Å². The molecule has 1 heterocycles. The van der Waals surface area contributed by atoms with Crippen molar-refractivity contribution in [1.29, 1.82) is 0 Å². The number of ether oxygens (including phenoxy) is 2. The van der Waals surface area contributed by atoms with Gasteiger partial charge in [0.1, 0.15) is 35.9 Å². The van der Waals surface area contributed by atoms with Crippen LogP contribution in [-0.4, -0.2) is 62.8 Å². The van der Waals surface area contributed by atoms with E-state index in [0.29, 0.717) is 11.3 Å². The first-order chi connectivity index (χ1) is 16.2. The van der Waals surface area contributed by atoms with Crippen LogP contribution < -0.4 is 4.74 Å². The second-order valence-corrected chi connectivity index (χ2v) is 9.83. The summed E-state index contributed by atoms with van der Waals surface area (Å²) in [6, 6.07) is 3.64. The molecule has 1 saturated heterocycles. The van der Waals surface area contributed by atoms with Crippen molar-refractivity contribution in [1.82, 2.24) is 0 Å². The number of hydrogen-bond acceptors (Lipinski definition) is 7. The lowest BCUT2D eigenvalue weighted by molar-refractivity contribution is -0.277. The van der Waals surface area contributed by atoms with Crippen LogP contribution in [0.15, 0.2) is 35.9 Å². The first-order valence-corrected chi connectivity index (χ1v) is 12.3. The quantitative estimate of drug-likeness (QED) is 0.274. The van der Waals surface area contributed by atoms with Crippen LogP contribution in [0.25, 0.3) is 0 Å². The molecule has 7 atom stereocenters. The van der Waals surface area contributed by atoms with Gasteiger partial charge in [0.05, 0.1) is 6.61 Å². The minimum absolute atomic E-state index is 0.107. The SMILES string of the molecule is C=C(C)[C@@H]1CCC(C)=C[C@H]1c1c(O)cc(CCCCC)cc1O[C@@H]1O[C@H](CO)[C@@H](O)[C@H](O)[C@H]1O. The van der Waals surface area contributed by atoms with Gasteiger partial charge >= 0.3 is 0 Å². The number of aliphatic hydroxyl groups excluding tert-OH is 4. The molecule has 1 aliphatic heterocycles. The monoisotopic (exact) mass is 476 g/mol. The lowest BCUT2D eigenvalue weighted by atomic mass is 9.73. The fraction of sp³-hybridized carbons (Fsp3) is 0.630. The molecule has 0 unspecified atom stereocenters. The maximum atomic E-state index is 11.2. The van der Waals surface area contributed by atoms with Crippen molar-refractivity contribution in [3.8, 4) is 11.5 Å². The number of aliphatic hydroxyl groups is 4. The molecule has 7 heteroatoms. The number of phenols is 1. The maximum Gasteiger partial charge on any atom is 0.229 e. The molecule has 1 aliphatic carbocycles. The zero-order valence-corrected chi connectivity index (χ0v) is 20.5. The van der Waals surface area contributed by atoms with Crippen LogP contribution in [0, 0.1) is 5.92 Å². The first kappa shape index (κ1) is 26.7. The summed E-state index contributed by atoms with van der Waals surface area (Å²) in [5.41, 5.74) is 3.72. The second-order valence-electron chi connectivity index (χ2n) is 9.83. The van der Waals surface area contributed by atoms with Gasteiger partial charge in [-0.1, -0.05) is 43.6 Å². The van der Waals surface area contributed by atoms with Crippen LogP contribution in [0.2, 0.25) is 0 Å². The minimum Gasteiger partial charge on any atom is -0.507 e. The van der Waals surface area contributed by atoms with E-state index in [9.17, 15) is 25.5 Å². The molecule has 2 aliphatic rings.